The van der Waals surface area contributed by atoms with Crippen molar-refractivity contribution in [2.24, 2.45) is 0 Å². The molecule has 0 radical (unpaired) electrons. The first kappa shape index (κ1) is 10.9. The summed E-state index contributed by atoms with van der Waals surface area (Å²) >= 11 is 8.05. The van der Waals surface area contributed by atoms with Crippen molar-refractivity contribution >= 4 is 31.2 Å². The van der Waals surface area contributed by atoms with Crippen LogP contribution in [-0.4, -0.2) is 17.2 Å². The number of ether oxygens (including phenoxy) is 1. The fraction of sp³-hybridized carbons (Fsp3) is 0.571. The van der Waals surface area contributed by atoms with Crippen molar-refractivity contribution in [1.82, 2.24) is 0 Å². The molecule has 1 atom stereocenters. The van der Waals surface area contributed by atoms with E-state index in [0.717, 1.165) is 24.7 Å². The first-order chi connectivity index (χ1) is 5.20. The molecule has 0 amide bonds. The standard InChI is InChI=1S/C7H12O2S2/c1-2-6(8)9-7(11)4-3-5-10/h2,7,10-11H,1,3-5H2. The fourth-order valence-corrected chi connectivity index (χ4v) is 0.976. The molecule has 0 saturated carbocycles. The third-order valence-electron chi connectivity index (χ3n) is 1.03. The van der Waals surface area contributed by atoms with Gasteiger partial charge in [-0.15, -0.1) is 12.6 Å². The zero-order chi connectivity index (χ0) is 8.69. The van der Waals surface area contributed by atoms with Gasteiger partial charge in [-0.25, -0.2) is 4.79 Å². The summed E-state index contributed by atoms with van der Waals surface area (Å²) in [5, 5.41) is 0. The van der Waals surface area contributed by atoms with Gasteiger partial charge < -0.3 is 4.74 Å². The van der Waals surface area contributed by atoms with Gasteiger partial charge in [0, 0.05) is 6.08 Å². The van der Waals surface area contributed by atoms with Crippen LogP contribution in [0.4, 0.5) is 0 Å². The van der Waals surface area contributed by atoms with E-state index in [1.807, 2.05) is 0 Å². The molecule has 0 saturated heterocycles. The van der Waals surface area contributed by atoms with Gasteiger partial charge in [0.25, 0.3) is 0 Å². The van der Waals surface area contributed by atoms with Gasteiger partial charge in [0.1, 0.15) is 5.44 Å². The zero-order valence-electron chi connectivity index (χ0n) is 6.19. The van der Waals surface area contributed by atoms with E-state index in [9.17, 15) is 4.79 Å². The Morgan fingerprint density at radius 3 is 2.82 bits per heavy atom. The van der Waals surface area contributed by atoms with Crippen LogP contribution in [-0.2, 0) is 9.53 Å². The van der Waals surface area contributed by atoms with Gasteiger partial charge in [-0.05, 0) is 18.6 Å². The van der Waals surface area contributed by atoms with Gasteiger partial charge >= 0.3 is 5.97 Å². The Kier molecular flexibility index (Phi) is 6.56. The molecule has 0 rings (SSSR count). The van der Waals surface area contributed by atoms with Crippen LogP contribution in [0.1, 0.15) is 12.8 Å². The van der Waals surface area contributed by atoms with E-state index in [1.165, 1.54) is 0 Å². The Hall–Kier alpha value is -0.0900. The second-order valence-electron chi connectivity index (χ2n) is 1.96. The summed E-state index contributed by atoms with van der Waals surface area (Å²) in [6, 6.07) is 0. The lowest BCUT2D eigenvalue weighted by molar-refractivity contribution is -0.139. The van der Waals surface area contributed by atoms with Crippen LogP contribution in [0.5, 0.6) is 0 Å². The predicted octanol–water partition coefficient (Wildman–Crippen LogP) is 1.68. The van der Waals surface area contributed by atoms with E-state index in [1.54, 1.807) is 0 Å². The predicted molar refractivity (Wildman–Crippen MR) is 52.2 cm³/mol. The van der Waals surface area contributed by atoms with E-state index >= 15 is 0 Å². The monoisotopic (exact) mass is 192 g/mol. The second kappa shape index (κ2) is 6.61. The van der Waals surface area contributed by atoms with Crippen molar-refractivity contribution in [3.8, 4) is 0 Å². The maximum Gasteiger partial charge on any atom is 0.331 e. The highest BCUT2D eigenvalue weighted by Gasteiger charge is 2.05. The SMILES string of the molecule is C=CC(=O)OC(S)CCCS. The number of thiol groups is 2. The molecule has 11 heavy (non-hydrogen) atoms. The van der Waals surface area contributed by atoms with Crippen LogP contribution >= 0.6 is 25.3 Å². The van der Waals surface area contributed by atoms with Gasteiger partial charge in [-0.2, -0.15) is 12.6 Å². The quantitative estimate of drug-likeness (QED) is 0.300. The Morgan fingerprint density at radius 1 is 1.73 bits per heavy atom. The Balaban J connectivity index is 3.43. The molecule has 0 aromatic rings. The lowest BCUT2D eigenvalue weighted by atomic mass is 10.3. The van der Waals surface area contributed by atoms with Crippen LogP contribution < -0.4 is 0 Å². The first-order valence-electron chi connectivity index (χ1n) is 3.32. The Labute approximate surface area is 77.8 Å². The molecule has 0 aromatic heterocycles. The molecule has 0 aliphatic rings. The average molecular weight is 192 g/mol. The number of carbonyl (C=O) groups excluding carboxylic acids is 1. The summed E-state index contributed by atoms with van der Waals surface area (Å²) in [6.07, 6.45) is 2.75. The summed E-state index contributed by atoms with van der Waals surface area (Å²) in [7, 11) is 0. The molecule has 1 unspecified atom stereocenters. The molecule has 0 aliphatic heterocycles. The molecular weight excluding hydrogens is 180 g/mol. The third-order valence-corrected chi connectivity index (χ3v) is 1.71. The van der Waals surface area contributed by atoms with Crippen LogP contribution in [0.2, 0.25) is 0 Å². The largest absolute Gasteiger partial charge is 0.448 e. The molecule has 0 spiro atoms. The lowest BCUT2D eigenvalue weighted by Gasteiger charge is -2.08. The van der Waals surface area contributed by atoms with E-state index < -0.39 is 5.97 Å². The zero-order valence-corrected chi connectivity index (χ0v) is 7.98. The smallest absolute Gasteiger partial charge is 0.331 e. The van der Waals surface area contributed by atoms with Crippen LogP contribution in [0, 0.1) is 0 Å². The molecular formula is C7H12O2S2. The summed E-state index contributed by atoms with van der Waals surface area (Å²) in [4.78, 5) is 10.6. The van der Waals surface area contributed by atoms with E-state index in [0.29, 0.717) is 0 Å². The number of hydrogen-bond donors (Lipinski definition) is 2. The van der Waals surface area contributed by atoms with Gasteiger partial charge in [-0.1, -0.05) is 6.58 Å². The molecule has 0 N–H and O–H groups in total. The highest BCUT2D eigenvalue weighted by Crippen LogP contribution is 2.07. The fourth-order valence-electron chi connectivity index (χ4n) is 0.507. The normalized spacial score (nSPS) is 12.2. The minimum Gasteiger partial charge on any atom is -0.448 e. The molecule has 4 heteroatoms. The van der Waals surface area contributed by atoms with Gasteiger partial charge in [0.05, 0.1) is 0 Å². The van der Waals surface area contributed by atoms with Crippen molar-refractivity contribution < 1.29 is 9.53 Å². The minimum atomic E-state index is -0.427. The van der Waals surface area contributed by atoms with Crippen molar-refractivity contribution in [3.05, 3.63) is 12.7 Å². The maximum absolute atomic E-state index is 10.6. The third kappa shape index (κ3) is 6.31. The van der Waals surface area contributed by atoms with Gasteiger partial charge in [0.2, 0.25) is 0 Å². The van der Waals surface area contributed by atoms with Crippen LogP contribution in [0.3, 0.4) is 0 Å². The molecule has 0 fully saturated rings. The molecule has 0 heterocycles. The topological polar surface area (TPSA) is 26.3 Å². The Bertz CT molecular complexity index is 136. The Morgan fingerprint density at radius 2 is 2.36 bits per heavy atom. The summed E-state index contributed by atoms with van der Waals surface area (Å²) in [6.45, 7) is 3.27. The van der Waals surface area contributed by atoms with Crippen LogP contribution in [0.15, 0.2) is 12.7 Å². The average Bonchev–Trinajstić information content (AvgIpc) is 2.00. The van der Waals surface area contributed by atoms with Crippen molar-refractivity contribution in [3.63, 3.8) is 0 Å². The van der Waals surface area contributed by atoms with E-state index in [-0.39, 0.29) is 5.44 Å². The van der Waals surface area contributed by atoms with Crippen molar-refractivity contribution in [1.29, 1.82) is 0 Å². The maximum atomic E-state index is 10.6. The highest BCUT2D eigenvalue weighted by atomic mass is 32.1. The molecule has 0 aromatic carbocycles. The van der Waals surface area contributed by atoms with E-state index in [4.69, 9.17) is 4.74 Å². The second-order valence-corrected chi connectivity index (χ2v) is 2.98. The van der Waals surface area contributed by atoms with Crippen molar-refractivity contribution in [2.45, 2.75) is 18.3 Å². The first-order valence-corrected chi connectivity index (χ1v) is 4.47. The van der Waals surface area contributed by atoms with Crippen molar-refractivity contribution in [2.75, 3.05) is 5.75 Å². The summed E-state index contributed by atoms with van der Waals surface area (Å²) in [5.41, 5.74) is -0.326. The van der Waals surface area contributed by atoms with Gasteiger partial charge in [0.15, 0.2) is 0 Å². The van der Waals surface area contributed by atoms with Gasteiger partial charge in [-0.3, -0.25) is 0 Å². The lowest BCUT2D eigenvalue weighted by Crippen LogP contribution is -2.10. The summed E-state index contributed by atoms with van der Waals surface area (Å²) < 4.78 is 4.77. The number of hydrogen-bond acceptors (Lipinski definition) is 4. The molecule has 0 bridgehead atoms. The highest BCUT2D eigenvalue weighted by molar-refractivity contribution is 7.80. The number of esters is 1. The number of carbonyl (C=O) groups is 1. The number of rotatable bonds is 5. The molecule has 2 nitrogen and oxygen atoms in total. The van der Waals surface area contributed by atoms with E-state index in [2.05, 4.69) is 31.8 Å². The van der Waals surface area contributed by atoms with Crippen LogP contribution in [0.25, 0.3) is 0 Å². The summed E-state index contributed by atoms with van der Waals surface area (Å²) in [5.74, 6) is 0.354. The molecule has 0 aliphatic carbocycles. The minimum absolute atomic E-state index is 0.326. The molecule has 64 valence electrons.